The molecule has 1 atom stereocenters. The highest BCUT2D eigenvalue weighted by Gasteiger charge is 2.34. The van der Waals surface area contributed by atoms with Crippen molar-refractivity contribution in [1.82, 2.24) is 10.6 Å². The van der Waals surface area contributed by atoms with E-state index in [2.05, 4.69) is 15.6 Å². The lowest BCUT2D eigenvalue weighted by Crippen LogP contribution is -2.43. The second-order valence-electron chi connectivity index (χ2n) is 5.47. The molecule has 1 saturated heterocycles. The van der Waals surface area contributed by atoms with E-state index in [0.29, 0.717) is 12.5 Å². The van der Waals surface area contributed by atoms with Gasteiger partial charge in [0.05, 0.1) is 17.1 Å². The summed E-state index contributed by atoms with van der Waals surface area (Å²) >= 11 is 0. The van der Waals surface area contributed by atoms with Gasteiger partial charge >= 0.3 is 6.18 Å². The minimum absolute atomic E-state index is 0. The van der Waals surface area contributed by atoms with Gasteiger partial charge in [-0.2, -0.15) is 13.2 Å². The molecule has 0 amide bonds. The second-order valence-corrected chi connectivity index (χ2v) is 7.70. The maximum Gasteiger partial charge on any atom is 0.416 e. The van der Waals surface area contributed by atoms with Gasteiger partial charge in [-0.05, 0) is 24.1 Å². The summed E-state index contributed by atoms with van der Waals surface area (Å²) in [5.74, 6) is -0.755. The number of benzene rings is 1. The Labute approximate surface area is 160 Å². The first-order valence-electron chi connectivity index (χ1n) is 7.14. The van der Waals surface area contributed by atoms with Crippen LogP contribution in [0.15, 0.2) is 23.2 Å². The molecule has 2 N–H and O–H groups in total. The van der Waals surface area contributed by atoms with Crippen molar-refractivity contribution in [3.8, 4) is 0 Å². The number of sulfone groups is 1. The fourth-order valence-corrected chi connectivity index (χ4v) is 4.12. The highest BCUT2D eigenvalue weighted by molar-refractivity contribution is 14.0. The average molecular weight is 495 g/mol. The first-order chi connectivity index (χ1) is 11.1. The Balaban J connectivity index is 0.00000312. The van der Waals surface area contributed by atoms with Gasteiger partial charge in [-0.1, -0.05) is 6.07 Å². The van der Waals surface area contributed by atoms with Crippen LogP contribution in [0.4, 0.5) is 17.6 Å². The summed E-state index contributed by atoms with van der Waals surface area (Å²) in [7, 11) is -1.66. The van der Waals surface area contributed by atoms with Crippen LogP contribution in [0.5, 0.6) is 0 Å². The minimum atomic E-state index is -4.67. The lowest BCUT2D eigenvalue weighted by atomic mass is 10.1. The van der Waals surface area contributed by atoms with Crippen molar-refractivity contribution in [2.24, 2.45) is 4.99 Å². The smallest absolute Gasteiger partial charge is 0.353 e. The number of nitrogens with one attached hydrogen (secondary N) is 2. The molecule has 1 aromatic carbocycles. The van der Waals surface area contributed by atoms with Crippen molar-refractivity contribution >= 4 is 39.8 Å². The summed E-state index contributed by atoms with van der Waals surface area (Å²) in [6.07, 6.45) is -4.26. The Hall–Kier alpha value is -1.11. The maximum atomic E-state index is 13.1. The van der Waals surface area contributed by atoms with E-state index >= 15 is 0 Å². The highest BCUT2D eigenvalue weighted by atomic mass is 127. The minimum Gasteiger partial charge on any atom is -0.353 e. The first-order valence-corrected chi connectivity index (χ1v) is 8.96. The van der Waals surface area contributed by atoms with Crippen LogP contribution in [-0.2, 0) is 22.6 Å². The number of hydrogen-bond donors (Lipinski definition) is 2. The van der Waals surface area contributed by atoms with Crippen LogP contribution in [0.3, 0.4) is 0 Å². The highest BCUT2D eigenvalue weighted by Crippen LogP contribution is 2.32. The lowest BCUT2D eigenvalue weighted by molar-refractivity contribution is -0.138. The second kappa shape index (κ2) is 8.52. The molecule has 1 unspecified atom stereocenters. The summed E-state index contributed by atoms with van der Waals surface area (Å²) in [5.41, 5.74) is -1.19. The van der Waals surface area contributed by atoms with Gasteiger partial charge in [0.2, 0.25) is 0 Å². The van der Waals surface area contributed by atoms with Gasteiger partial charge in [0.1, 0.15) is 5.82 Å². The van der Waals surface area contributed by atoms with Gasteiger partial charge in [0, 0.05) is 19.6 Å². The van der Waals surface area contributed by atoms with E-state index in [1.54, 1.807) is 0 Å². The lowest BCUT2D eigenvalue weighted by Gasteiger charge is -2.18. The monoisotopic (exact) mass is 495 g/mol. The number of nitrogens with zero attached hydrogens (tertiary/aromatic N) is 1. The predicted octanol–water partition coefficient (Wildman–Crippen LogP) is 2.31. The standard InChI is InChI=1S/C14H17F4N3O2S.HI/c1-19-13(21-11-4-5-24(22,23)8-11)20-7-9-2-3-10(15)6-12(9)14(16,17)18;/h2-3,6,11H,4-5,7-8H2,1H3,(H2,19,20,21);1H. The summed E-state index contributed by atoms with van der Waals surface area (Å²) in [5, 5.41) is 5.56. The summed E-state index contributed by atoms with van der Waals surface area (Å²) in [6.45, 7) is -0.228. The van der Waals surface area contributed by atoms with Crippen molar-refractivity contribution in [3.05, 3.63) is 35.1 Å². The van der Waals surface area contributed by atoms with Crippen molar-refractivity contribution in [1.29, 1.82) is 0 Å². The van der Waals surface area contributed by atoms with Gasteiger partial charge in [0.25, 0.3) is 0 Å². The molecule has 1 aromatic rings. The molecular weight excluding hydrogens is 477 g/mol. The topological polar surface area (TPSA) is 70.6 Å². The maximum absolute atomic E-state index is 13.1. The van der Waals surface area contributed by atoms with Crippen LogP contribution >= 0.6 is 24.0 Å². The number of aliphatic imine (C=N–C) groups is 1. The van der Waals surface area contributed by atoms with Gasteiger partial charge in [0.15, 0.2) is 15.8 Å². The zero-order valence-corrected chi connectivity index (χ0v) is 16.4. The van der Waals surface area contributed by atoms with Gasteiger partial charge < -0.3 is 10.6 Å². The van der Waals surface area contributed by atoms with E-state index in [-0.39, 0.29) is 59.6 Å². The molecule has 2 rings (SSSR count). The van der Waals surface area contributed by atoms with Crippen LogP contribution in [0.2, 0.25) is 0 Å². The molecule has 0 aromatic heterocycles. The largest absolute Gasteiger partial charge is 0.416 e. The molecular formula is C14H18F4IN3O2S. The molecule has 1 heterocycles. The van der Waals surface area contributed by atoms with E-state index in [0.717, 1.165) is 12.1 Å². The Bertz CT molecular complexity index is 738. The van der Waals surface area contributed by atoms with Crippen molar-refractivity contribution in [3.63, 3.8) is 0 Å². The van der Waals surface area contributed by atoms with Gasteiger partial charge in [-0.15, -0.1) is 24.0 Å². The van der Waals surface area contributed by atoms with Crippen LogP contribution in [0.25, 0.3) is 0 Å². The number of hydrogen-bond acceptors (Lipinski definition) is 3. The van der Waals surface area contributed by atoms with Gasteiger partial charge in [-0.3, -0.25) is 4.99 Å². The molecule has 5 nitrogen and oxygen atoms in total. The van der Waals surface area contributed by atoms with Crippen LogP contribution in [0.1, 0.15) is 17.5 Å². The number of halogens is 5. The number of rotatable bonds is 3. The van der Waals surface area contributed by atoms with Crippen LogP contribution in [0, 0.1) is 5.82 Å². The molecule has 25 heavy (non-hydrogen) atoms. The Kier molecular flexibility index (Phi) is 7.47. The zero-order valence-electron chi connectivity index (χ0n) is 13.2. The molecule has 11 heteroatoms. The van der Waals surface area contributed by atoms with Crippen molar-refractivity contribution in [2.75, 3.05) is 18.6 Å². The normalized spacial score (nSPS) is 20.0. The fourth-order valence-electron chi connectivity index (χ4n) is 2.44. The van der Waals surface area contributed by atoms with Crippen LogP contribution in [-0.4, -0.2) is 39.0 Å². The van der Waals surface area contributed by atoms with Crippen molar-refractivity contribution in [2.45, 2.75) is 25.2 Å². The van der Waals surface area contributed by atoms with E-state index in [1.807, 2.05) is 0 Å². The predicted molar refractivity (Wildman–Crippen MR) is 97.2 cm³/mol. The summed E-state index contributed by atoms with van der Waals surface area (Å²) in [6, 6.07) is 2.11. The molecule has 0 radical (unpaired) electrons. The Morgan fingerprint density at radius 1 is 1.36 bits per heavy atom. The van der Waals surface area contributed by atoms with Crippen LogP contribution < -0.4 is 10.6 Å². The number of alkyl halides is 3. The molecule has 1 fully saturated rings. The molecule has 142 valence electrons. The van der Waals surface area contributed by atoms with E-state index in [9.17, 15) is 26.0 Å². The quantitative estimate of drug-likeness (QED) is 0.293. The third-order valence-corrected chi connectivity index (χ3v) is 5.39. The summed E-state index contributed by atoms with van der Waals surface area (Å²) < 4.78 is 74.7. The molecule has 0 spiro atoms. The third-order valence-electron chi connectivity index (χ3n) is 3.62. The van der Waals surface area contributed by atoms with E-state index in [1.165, 1.54) is 7.05 Å². The van der Waals surface area contributed by atoms with E-state index in [4.69, 9.17) is 0 Å². The molecule has 0 bridgehead atoms. The van der Waals surface area contributed by atoms with Gasteiger partial charge in [-0.25, -0.2) is 12.8 Å². The fraction of sp³-hybridized carbons (Fsp3) is 0.500. The Morgan fingerprint density at radius 2 is 2.04 bits per heavy atom. The number of guanidine groups is 1. The van der Waals surface area contributed by atoms with Crippen molar-refractivity contribution < 1.29 is 26.0 Å². The molecule has 0 saturated carbocycles. The average Bonchev–Trinajstić information content (AvgIpc) is 2.82. The molecule has 0 aliphatic carbocycles. The Morgan fingerprint density at radius 3 is 2.56 bits per heavy atom. The first kappa shape index (κ1) is 21.9. The molecule has 1 aliphatic rings. The molecule has 1 aliphatic heterocycles. The third kappa shape index (κ3) is 6.28. The summed E-state index contributed by atoms with van der Waals surface area (Å²) in [4.78, 5) is 3.87. The SMILES string of the molecule is CN=C(NCc1ccc(F)cc1C(F)(F)F)NC1CCS(=O)(=O)C1.I. The zero-order chi connectivity index (χ0) is 18.0. The van der Waals surface area contributed by atoms with E-state index < -0.39 is 27.4 Å².